The largest absolute Gasteiger partial charge is 0.444 e. The van der Waals surface area contributed by atoms with Crippen molar-refractivity contribution in [2.75, 3.05) is 31.1 Å². The number of amides is 1. The van der Waals surface area contributed by atoms with Crippen LogP contribution in [0.3, 0.4) is 0 Å². The molecule has 1 spiro atoms. The molecule has 2 fully saturated rings. The lowest BCUT2D eigenvalue weighted by atomic mass is 9.73. The zero-order valence-corrected chi connectivity index (χ0v) is 13.2. The highest BCUT2D eigenvalue weighted by Crippen LogP contribution is 2.41. The van der Waals surface area contributed by atoms with Crippen molar-refractivity contribution < 1.29 is 9.53 Å². The third-order valence-corrected chi connectivity index (χ3v) is 3.96. The van der Waals surface area contributed by atoms with Gasteiger partial charge in [0.25, 0.3) is 0 Å². The van der Waals surface area contributed by atoms with Crippen LogP contribution in [0.15, 0.2) is 18.3 Å². The third-order valence-electron chi connectivity index (χ3n) is 3.96. The van der Waals surface area contributed by atoms with E-state index in [-0.39, 0.29) is 11.5 Å². The van der Waals surface area contributed by atoms with Gasteiger partial charge in [0.05, 0.1) is 5.56 Å². The molecular formula is C16H20N4O2. The molecule has 0 bridgehead atoms. The molecule has 2 saturated heterocycles. The van der Waals surface area contributed by atoms with Crippen LogP contribution < -0.4 is 4.90 Å². The summed E-state index contributed by atoms with van der Waals surface area (Å²) in [7, 11) is 0. The van der Waals surface area contributed by atoms with Gasteiger partial charge in [0, 0.05) is 37.8 Å². The van der Waals surface area contributed by atoms with Crippen LogP contribution in [-0.2, 0) is 4.74 Å². The number of nitriles is 1. The molecule has 0 aromatic carbocycles. The van der Waals surface area contributed by atoms with Crippen molar-refractivity contribution >= 4 is 11.9 Å². The predicted molar refractivity (Wildman–Crippen MR) is 81.4 cm³/mol. The highest BCUT2D eigenvalue weighted by Gasteiger charge is 2.54. The van der Waals surface area contributed by atoms with E-state index < -0.39 is 5.60 Å². The number of likely N-dealkylation sites (tertiary alicyclic amines) is 1. The zero-order valence-electron chi connectivity index (χ0n) is 13.2. The highest BCUT2D eigenvalue weighted by molar-refractivity contribution is 5.70. The Balaban J connectivity index is 1.50. The number of hydrogen-bond acceptors (Lipinski definition) is 5. The summed E-state index contributed by atoms with van der Waals surface area (Å²) in [5.74, 6) is 0.889. The smallest absolute Gasteiger partial charge is 0.410 e. The van der Waals surface area contributed by atoms with Crippen molar-refractivity contribution in [3.8, 4) is 6.07 Å². The molecule has 2 aliphatic rings. The maximum atomic E-state index is 11.9. The molecule has 0 radical (unpaired) electrons. The van der Waals surface area contributed by atoms with Gasteiger partial charge in [-0.05, 0) is 32.9 Å². The minimum absolute atomic E-state index is 0.187. The molecule has 3 heterocycles. The Hall–Kier alpha value is -2.29. The van der Waals surface area contributed by atoms with E-state index in [4.69, 9.17) is 10.00 Å². The van der Waals surface area contributed by atoms with Gasteiger partial charge in [-0.3, -0.25) is 0 Å². The molecule has 0 unspecified atom stereocenters. The Labute approximate surface area is 130 Å². The molecule has 6 nitrogen and oxygen atoms in total. The van der Waals surface area contributed by atoms with E-state index in [2.05, 4.69) is 16.0 Å². The number of anilines is 1. The Morgan fingerprint density at radius 3 is 2.50 bits per heavy atom. The molecular weight excluding hydrogens is 280 g/mol. The summed E-state index contributed by atoms with van der Waals surface area (Å²) >= 11 is 0. The predicted octanol–water partition coefficient (Wildman–Crippen LogP) is 2.01. The Morgan fingerprint density at radius 1 is 1.32 bits per heavy atom. The average Bonchev–Trinajstić information content (AvgIpc) is 2.34. The van der Waals surface area contributed by atoms with Crippen LogP contribution in [0.4, 0.5) is 10.6 Å². The summed E-state index contributed by atoms with van der Waals surface area (Å²) in [6.45, 7) is 8.91. The molecule has 0 N–H and O–H groups in total. The second kappa shape index (κ2) is 4.87. The Morgan fingerprint density at radius 2 is 2.00 bits per heavy atom. The van der Waals surface area contributed by atoms with Gasteiger partial charge in [-0.25, -0.2) is 9.78 Å². The van der Waals surface area contributed by atoms with Gasteiger partial charge >= 0.3 is 6.09 Å². The number of nitrogens with zero attached hydrogens (tertiary/aromatic N) is 4. The van der Waals surface area contributed by atoms with Crippen LogP contribution in [-0.4, -0.2) is 47.8 Å². The van der Waals surface area contributed by atoms with E-state index in [0.717, 1.165) is 32.0 Å². The monoisotopic (exact) mass is 300 g/mol. The number of carbonyl (C=O) groups is 1. The first-order chi connectivity index (χ1) is 10.3. The second-order valence-corrected chi connectivity index (χ2v) is 7.21. The summed E-state index contributed by atoms with van der Waals surface area (Å²) < 4.78 is 5.37. The van der Waals surface area contributed by atoms with Crippen LogP contribution in [0, 0.1) is 16.7 Å². The molecule has 0 aliphatic carbocycles. The fourth-order valence-electron chi connectivity index (χ4n) is 2.98. The maximum Gasteiger partial charge on any atom is 0.410 e. The van der Waals surface area contributed by atoms with Gasteiger partial charge in [-0.15, -0.1) is 0 Å². The van der Waals surface area contributed by atoms with E-state index in [1.807, 2.05) is 26.8 Å². The van der Waals surface area contributed by atoms with Crippen molar-refractivity contribution in [3.05, 3.63) is 23.9 Å². The van der Waals surface area contributed by atoms with Crippen molar-refractivity contribution in [1.82, 2.24) is 9.88 Å². The topological polar surface area (TPSA) is 69.5 Å². The summed E-state index contributed by atoms with van der Waals surface area (Å²) in [4.78, 5) is 20.2. The lowest BCUT2D eigenvalue weighted by Gasteiger charge is -2.60. The molecule has 0 saturated carbocycles. The lowest BCUT2D eigenvalue weighted by Crippen LogP contribution is -2.73. The first-order valence-corrected chi connectivity index (χ1v) is 7.39. The van der Waals surface area contributed by atoms with Gasteiger partial charge in [0.1, 0.15) is 17.5 Å². The molecule has 1 amide bonds. The van der Waals surface area contributed by atoms with E-state index in [1.165, 1.54) is 0 Å². The van der Waals surface area contributed by atoms with Crippen molar-refractivity contribution in [1.29, 1.82) is 5.26 Å². The number of carbonyl (C=O) groups excluding carboxylic acids is 1. The lowest BCUT2D eigenvalue weighted by molar-refractivity contribution is -0.0454. The molecule has 2 aliphatic heterocycles. The van der Waals surface area contributed by atoms with Gasteiger partial charge in [0.15, 0.2) is 0 Å². The SMILES string of the molecule is CC(C)(C)OC(=O)N1CC2(C1)CN(c1ccc(C#N)cn1)C2. The summed E-state index contributed by atoms with van der Waals surface area (Å²) in [6.07, 6.45) is 1.36. The second-order valence-electron chi connectivity index (χ2n) is 7.21. The van der Waals surface area contributed by atoms with Crippen molar-refractivity contribution in [2.45, 2.75) is 26.4 Å². The van der Waals surface area contributed by atoms with Crippen molar-refractivity contribution in [3.63, 3.8) is 0 Å². The first kappa shape index (κ1) is 14.6. The fraction of sp³-hybridized carbons (Fsp3) is 0.562. The minimum atomic E-state index is -0.447. The molecule has 3 rings (SSSR count). The van der Waals surface area contributed by atoms with E-state index in [0.29, 0.717) is 5.56 Å². The number of rotatable bonds is 1. The molecule has 1 aromatic heterocycles. The normalized spacial score (nSPS) is 19.2. The van der Waals surface area contributed by atoms with Gasteiger partial charge in [-0.1, -0.05) is 0 Å². The standard InChI is InChI=1S/C16H20N4O2/c1-15(2,3)22-14(21)20-10-16(11-20)8-19(9-16)13-5-4-12(6-17)7-18-13/h4-5,7H,8-11H2,1-3H3. The van der Waals surface area contributed by atoms with Crippen LogP contribution in [0.2, 0.25) is 0 Å². The molecule has 116 valence electrons. The number of aromatic nitrogens is 1. The molecule has 0 atom stereocenters. The summed E-state index contributed by atoms with van der Waals surface area (Å²) in [6, 6.07) is 5.72. The van der Waals surface area contributed by atoms with Gasteiger partial charge < -0.3 is 14.5 Å². The zero-order chi connectivity index (χ0) is 16.0. The Bertz CT molecular complexity index is 613. The average molecular weight is 300 g/mol. The quantitative estimate of drug-likeness (QED) is 0.793. The van der Waals surface area contributed by atoms with Crippen LogP contribution in [0.25, 0.3) is 0 Å². The minimum Gasteiger partial charge on any atom is -0.444 e. The Kier molecular flexibility index (Phi) is 3.24. The van der Waals surface area contributed by atoms with Crippen LogP contribution in [0.1, 0.15) is 26.3 Å². The molecule has 22 heavy (non-hydrogen) atoms. The third kappa shape index (κ3) is 2.71. The molecule has 1 aromatic rings. The maximum absolute atomic E-state index is 11.9. The fourth-order valence-corrected chi connectivity index (χ4v) is 2.98. The number of ether oxygens (including phenoxy) is 1. The van der Waals surface area contributed by atoms with Crippen LogP contribution in [0.5, 0.6) is 0 Å². The first-order valence-electron chi connectivity index (χ1n) is 7.39. The summed E-state index contributed by atoms with van der Waals surface area (Å²) in [5.41, 5.74) is 0.309. The number of hydrogen-bond donors (Lipinski definition) is 0. The van der Waals surface area contributed by atoms with Crippen LogP contribution >= 0.6 is 0 Å². The van der Waals surface area contributed by atoms with E-state index in [1.54, 1.807) is 17.2 Å². The van der Waals surface area contributed by atoms with E-state index >= 15 is 0 Å². The summed E-state index contributed by atoms with van der Waals surface area (Å²) in [5, 5.41) is 8.78. The van der Waals surface area contributed by atoms with Crippen molar-refractivity contribution in [2.24, 2.45) is 5.41 Å². The number of pyridine rings is 1. The van der Waals surface area contributed by atoms with Gasteiger partial charge in [0.2, 0.25) is 0 Å². The highest BCUT2D eigenvalue weighted by atomic mass is 16.6. The van der Waals surface area contributed by atoms with Gasteiger partial charge in [-0.2, -0.15) is 5.26 Å². The van der Waals surface area contributed by atoms with E-state index in [9.17, 15) is 4.79 Å². The molecule has 6 heteroatoms.